The van der Waals surface area contributed by atoms with E-state index in [9.17, 15) is 0 Å². The fraction of sp³-hybridized carbons (Fsp3) is 0.286. The maximum absolute atomic E-state index is 3.82. The Morgan fingerprint density at radius 3 is 2.50 bits per heavy atom. The van der Waals surface area contributed by atoms with E-state index in [1.165, 1.54) is 11.1 Å². The molecule has 0 saturated carbocycles. The minimum atomic E-state index is 0.499. The van der Waals surface area contributed by atoms with E-state index in [1.807, 2.05) is 6.08 Å². The molecule has 1 atom stereocenters. The SMILES string of the molecule is C=CCC(/C(C)=C/C)c1ccccc1. The van der Waals surface area contributed by atoms with Crippen LogP contribution in [0.5, 0.6) is 0 Å². The van der Waals surface area contributed by atoms with Crippen molar-refractivity contribution < 1.29 is 0 Å². The first-order valence-electron chi connectivity index (χ1n) is 5.08. The molecular weight excluding hydrogens is 168 g/mol. The maximum atomic E-state index is 3.82. The van der Waals surface area contributed by atoms with Gasteiger partial charge in [-0.3, -0.25) is 0 Å². The van der Waals surface area contributed by atoms with Crippen LogP contribution in [0.1, 0.15) is 31.7 Å². The second-order valence-electron chi connectivity index (χ2n) is 3.52. The molecule has 0 aliphatic heterocycles. The number of allylic oxidation sites excluding steroid dienone is 3. The van der Waals surface area contributed by atoms with Crippen molar-refractivity contribution in [3.05, 3.63) is 60.2 Å². The summed E-state index contributed by atoms with van der Waals surface area (Å²) in [5.74, 6) is 0.499. The van der Waals surface area contributed by atoms with E-state index in [0.717, 1.165) is 6.42 Å². The predicted octanol–water partition coefficient (Wildman–Crippen LogP) is 4.31. The Morgan fingerprint density at radius 2 is 2.00 bits per heavy atom. The van der Waals surface area contributed by atoms with E-state index in [1.54, 1.807) is 0 Å². The van der Waals surface area contributed by atoms with Crippen molar-refractivity contribution in [1.29, 1.82) is 0 Å². The lowest BCUT2D eigenvalue weighted by atomic mass is 9.89. The molecule has 0 aliphatic carbocycles. The summed E-state index contributed by atoms with van der Waals surface area (Å²) in [6, 6.07) is 10.6. The lowest BCUT2D eigenvalue weighted by Gasteiger charge is -2.16. The normalized spacial score (nSPS) is 13.7. The number of hydrogen-bond acceptors (Lipinski definition) is 0. The van der Waals surface area contributed by atoms with E-state index in [-0.39, 0.29) is 0 Å². The van der Waals surface area contributed by atoms with Gasteiger partial charge in [0.15, 0.2) is 0 Å². The van der Waals surface area contributed by atoms with Gasteiger partial charge in [0.05, 0.1) is 0 Å². The first-order valence-corrected chi connectivity index (χ1v) is 5.08. The molecule has 0 heteroatoms. The molecule has 0 aromatic heterocycles. The summed E-state index contributed by atoms with van der Waals surface area (Å²) in [4.78, 5) is 0. The zero-order valence-corrected chi connectivity index (χ0v) is 9.03. The van der Waals surface area contributed by atoms with Gasteiger partial charge in [-0.25, -0.2) is 0 Å². The highest BCUT2D eigenvalue weighted by atomic mass is 14.1. The van der Waals surface area contributed by atoms with Gasteiger partial charge in [-0.2, -0.15) is 0 Å². The Morgan fingerprint density at radius 1 is 1.36 bits per heavy atom. The van der Waals surface area contributed by atoms with Crippen LogP contribution in [0.3, 0.4) is 0 Å². The Labute approximate surface area is 87.0 Å². The molecule has 1 rings (SSSR count). The van der Waals surface area contributed by atoms with Crippen LogP contribution in [0.2, 0.25) is 0 Å². The topological polar surface area (TPSA) is 0 Å². The molecule has 1 aromatic rings. The van der Waals surface area contributed by atoms with Crippen molar-refractivity contribution in [2.45, 2.75) is 26.2 Å². The lowest BCUT2D eigenvalue weighted by molar-refractivity contribution is 0.807. The summed E-state index contributed by atoms with van der Waals surface area (Å²) in [5.41, 5.74) is 2.79. The molecule has 0 heterocycles. The molecule has 0 saturated heterocycles. The molecule has 0 N–H and O–H groups in total. The highest BCUT2D eigenvalue weighted by Gasteiger charge is 2.10. The Bertz CT molecular complexity index is 306. The van der Waals surface area contributed by atoms with Gasteiger partial charge >= 0.3 is 0 Å². The quantitative estimate of drug-likeness (QED) is 0.614. The molecule has 1 aromatic carbocycles. The zero-order chi connectivity index (χ0) is 10.4. The predicted molar refractivity (Wildman–Crippen MR) is 63.4 cm³/mol. The van der Waals surface area contributed by atoms with E-state index in [2.05, 4.69) is 56.8 Å². The molecule has 0 amide bonds. The second kappa shape index (κ2) is 5.43. The standard InChI is InChI=1S/C14H18/c1-4-9-14(12(3)5-2)13-10-7-6-8-11-13/h4-8,10-11,14H,1,9H2,2-3H3/b12-5+. The first-order chi connectivity index (χ1) is 6.79. The van der Waals surface area contributed by atoms with Gasteiger partial charge in [0.25, 0.3) is 0 Å². The van der Waals surface area contributed by atoms with Gasteiger partial charge in [0.1, 0.15) is 0 Å². The molecular formula is C14H18. The van der Waals surface area contributed by atoms with E-state index < -0.39 is 0 Å². The fourth-order valence-electron chi connectivity index (χ4n) is 1.64. The summed E-state index contributed by atoms with van der Waals surface area (Å²) in [5, 5.41) is 0. The van der Waals surface area contributed by atoms with E-state index >= 15 is 0 Å². The third-order valence-corrected chi connectivity index (χ3v) is 2.61. The maximum Gasteiger partial charge on any atom is 0.00796 e. The van der Waals surface area contributed by atoms with Crippen LogP contribution in [0.25, 0.3) is 0 Å². The zero-order valence-electron chi connectivity index (χ0n) is 9.03. The van der Waals surface area contributed by atoms with E-state index in [4.69, 9.17) is 0 Å². The van der Waals surface area contributed by atoms with Gasteiger partial charge in [0.2, 0.25) is 0 Å². The van der Waals surface area contributed by atoms with Gasteiger partial charge < -0.3 is 0 Å². The highest BCUT2D eigenvalue weighted by molar-refractivity contribution is 5.28. The smallest absolute Gasteiger partial charge is 0.00796 e. The van der Waals surface area contributed by atoms with Crippen LogP contribution < -0.4 is 0 Å². The van der Waals surface area contributed by atoms with Crippen LogP contribution >= 0.6 is 0 Å². The van der Waals surface area contributed by atoms with Crippen LogP contribution in [0, 0.1) is 0 Å². The minimum absolute atomic E-state index is 0.499. The second-order valence-corrected chi connectivity index (χ2v) is 3.52. The van der Waals surface area contributed by atoms with Crippen molar-refractivity contribution in [2.75, 3.05) is 0 Å². The van der Waals surface area contributed by atoms with Crippen molar-refractivity contribution in [2.24, 2.45) is 0 Å². The van der Waals surface area contributed by atoms with Crippen molar-refractivity contribution in [3.63, 3.8) is 0 Å². The summed E-state index contributed by atoms with van der Waals surface area (Å²) in [6.45, 7) is 8.09. The molecule has 0 spiro atoms. The molecule has 1 unspecified atom stereocenters. The summed E-state index contributed by atoms with van der Waals surface area (Å²) >= 11 is 0. The third kappa shape index (κ3) is 2.59. The number of hydrogen-bond donors (Lipinski definition) is 0. The Kier molecular flexibility index (Phi) is 4.18. The molecule has 0 fully saturated rings. The van der Waals surface area contributed by atoms with Crippen molar-refractivity contribution in [1.82, 2.24) is 0 Å². The Balaban J connectivity index is 2.94. The molecule has 0 aliphatic rings. The van der Waals surface area contributed by atoms with Gasteiger partial charge in [-0.15, -0.1) is 6.58 Å². The average Bonchev–Trinajstić information content (AvgIpc) is 2.26. The Hall–Kier alpha value is -1.30. The molecule has 74 valence electrons. The molecule has 0 radical (unpaired) electrons. The first kappa shape index (κ1) is 10.8. The van der Waals surface area contributed by atoms with Crippen LogP contribution in [-0.4, -0.2) is 0 Å². The molecule has 14 heavy (non-hydrogen) atoms. The van der Waals surface area contributed by atoms with Gasteiger partial charge in [0, 0.05) is 5.92 Å². The summed E-state index contributed by atoms with van der Waals surface area (Å²) < 4.78 is 0. The highest BCUT2D eigenvalue weighted by Crippen LogP contribution is 2.27. The number of benzene rings is 1. The van der Waals surface area contributed by atoms with Crippen LogP contribution in [0.15, 0.2) is 54.6 Å². The third-order valence-electron chi connectivity index (χ3n) is 2.61. The molecule has 0 nitrogen and oxygen atoms in total. The van der Waals surface area contributed by atoms with Crippen molar-refractivity contribution >= 4 is 0 Å². The monoisotopic (exact) mass is 186 g/mol. The average molecular weight is 186 g/mol. The summed E-state index contributed by atoms with van der Waals surface area (Å²) in [6.07, 6.45) is 5.19. The van der Waals surface area contributed by atoms with Crippen LogP contribution in [0.4, 0.5) is 0 Å². The van der Waals surface area contributed by atoms with Gasteiger partial charge in [-0.05, 0) is 25.8 Å². The van der Waals surface area contributed by atoms with Crippen LogP contribution in [-0.2, 0) is 0 Å². The van der Waals surface area contributed by atoms with Gasteiger partial charge in [-0.1, -0.05) is 48.1 Å². The summed E-state index contributed by atoms with van der Waals surface area (Å²) in [7, 11) is 0. The fourth-order valence-corrected chi connectivity index (χ4v) is 1.64. The minimum Gasteiger partial charge on any atom is -0.103 e. The number of rotatable bonds is 4. The lowest BCUT2D eigenvalue weighted by Crippen LogP contribution is -1.98. The van der Waals surface area contributed by atoms with E-state index in [0.29, 0.717) is 5.92 Å². The van der Waals surface area contributed by atoms with Crippen molar-refractivity contribution in [3.8, 4) is 0 Å². The molecule has 0 bridgehead atoms. The largest absolute Gasteiger partial charge is 0.103 e.